The lowest BCUT2D eigenvalue weighted by atomic mass is 10.1. The van der Waals surface area contributed by atoms with Crippen LogP contribution in [0.1, 0.15) is 27.3 Å². The van der Waals surface area contributed by atoms with Gasteiger partial charge in [0.05, 0.1) is 18.0 Å². The van der Waals surface area contributed by atoms with E-state index in [1.807, 2.05) is 30.3 Å². The molecule has 0 spiro atoms. The average molecular weight is 308 g/mol. The number of benzene rings is 2. The molecule has 1 amide bonds. The molecule has 0 aliphatic heterocycles. The van der Waals surface area contributed by atoms with Crippen molar-refractivity contribution in [1.29, 1.82) is 0 Å². The zero-order valence-electron chi connectivity index (χ0n) is 12.4. The second kappa shape index (κ2) is 6.41. The van der Waals surface area contributed by atoms with Crippen LogP contribution in [0.25, 0.3) is 5.69 Å². The van der Waals surface area contributed by atoms with Gasteiger partial charge in [-0.3, -0.25) is 4.79 Å². The van der Waals surface area contributed by atoms with E-state index in [0.717, 1.165) is 16.9 Å². The molecule has 0 saturated carbocycles. The molecule has 0 aliphatic carbocycles. The standard InChI is InChI=1S/C17H16N4O2/c18-17(23)13-6-8-14(9-7-13)21-16(15(11-22)19-20-21)10-12-4-2-1-3-5-12/h1-9,22H,10-11H2,(H2,18,23). The fourth-order valence-electron chi connectivity index (χ4n) is 2.40. The fourth-order valence-corrected chi connectivity index (χ4v) is 2.40. The van der Waals surface area contributed by atoms with Crippen molar-refractivity contribution in [1.82, 2.24) is 15.0 Å². The largest absolute Gasteiger partial charge is 0.390 e. The third-order valence-electron chi connectivity index (χ3n) is 3.60. The Balaban J connectivity index is 1.99. The zero-order valence-corrected chi connectivity index (χ0v) is 12.4. The van der Waals surface area contributed by atoms with E-state index in [4.69, 9.17) is 5.73 Å². The number of carbonyl (C=O) groups is 1. The van der Waals surface area contributed by atoms with Gasteiger partial charge in [-0.1, -0.05) is 35.5 Å². The number of nitrogens with two attached hydrogens (primary N) is 1. The normalized spacial score (nSPS) is 10.7. The minimum atomic E-state index is -0.476. The first kappa shape index (κ1) is 14.9. The van der Waals surface area contributed by atoms with E-state index < -0.39 is 5.91 Å². The van der Waals surface area contributed by atoms with Crippen molar-refractivity contribution in [2.24, 2.45) is 5.73 Å². The Hall–Kier alpha value is -2.99. The van der Waals surface area contributed by atoms with Gasteiger partial charge in [-0.15, -0.1) is 5.10 Å². The Kier molecular flexibility index (Phi) is 4.16. The summed E-state index contributed by atoms with van der Waals surface area (Å²) in [7, 11) is 0. The van der Waals surface area contributed by atoms with Gasteiger partial charge in [-0.2, -0.15) is 0 Å². The molecule has 3 rings (SSSR count). The van der Waals surface area contributed by atoms with Gasteiger partial charge in [0.2, 0.25) is 5.91 Å². The Bertz CT molecular complexity index is 810. The number of aliphatic hydroxyl groups is 1. The molecule has 0 saturated heterocycles. The molecule has 3 N–H and O–H groups in total. The van der Waals surface area contributed by atoms with Crippen LogP contribution in [0.2, 0.25) is 0 Å². The minimum Gasteiger partial charge on any atom is -0.390 e. The first-order valence-electron chi connectivity index (χ1n) is 7.17. The molecule has 0 fully saturated rings. The Labute approximate surface area is 133 Å². The third-order valence-corrected chi connectivity index (χ3v) is 3.60. The number of carbonyl (C=O) groups excluding carboxylic acids is 1. The summed E-state index contributed by atoms with van der Waals surface area (Å²) < 4.78 is 1.67. The number of aromatic nitrogens is 3. The molecule has 116 valence electrons. The van der Waals surface area contributed by atoms with Gasteiger partial charge in [0.15, 0.2) is 0 Å². The van der Waals surface area contributed by atoms with Crippen LogP contribution >= 0.6 is 0 Å². The number of hydrogen-bond acceptors (Lipinski definition) is 4. The number of amides is 1. The molecular weight excluding hydrogens is 292 g/mol. The summed E-state index contributed by atoms with van der Waals surface area (Å²) in [5, 5.41) is 17.7. The molecule has 0 aliphatic rings. The third kappa shape index (κ3) is 3.12. The quantitative estimate of drug-likeness (QED) is 0.746. The lowest BCUT2D eigenvalue weighted by Gasteiger charge is -2.08. The predicted octanol–water partition coefficient (Wildman–Crippen LogP) is 1.45. The summed E-state index contributed by atoms with van der Waals surface area (Å²) in [5.74, 6) is -0.476. The second-order valence-electron chi connectivity index (χ2n) is 5.13. The highest BCUT2D eigenvalue weighted by atomic mass is 16.3. The molecule has 1 heterocycles. The lowest BCUT2D eigenvalue weighted by Crippen LogP contribution is -2.11. The monoisotopic (exact) mass is 308 g/mol. The van der Waals surface area contributed by atoms with E-state index in [9.17, 15) is 9.90 Å². The summed E-state index contributed by atoms with van der Waals surface area (Å²) in [6.07, 6.45) is 0.599. The van der Waals surface area contributed by atoms with Crippen molar-refractivity contribution in [2.45, 2.75) is 13.0 Å². The molecule has 23 heavy (non-hydrogen) atoms. The van der Waals surface area contributed by atoms with Gasteiger partial charge in [-0.25, -0.2) is 4.68 Å². The molecule has 6 heteroatoms. The first-order chi connectivity index (χ1) is 11.2. The van der Waals surface area contributed by atoms with Crippen LogP contribution in [-0.2, 0) is 13.0 Å². The predicted molar refractivity (Wildman–Crippen MR) is 85.0 cm³/mol. The Morgan fingerprint density at radius 3 is 2.39 bits per heavy atom. The van der Waals surface area contributed by atoms with Gasteiger partial charge in [-0.05, 0) is 29.8 Å². The van der Waals surface area contributed by atoms with Crippen LogP contribution in [0, 0.1) is 0 Å². The number of hydrogen-bond donors (Lipinski definition) is 2. The van der Waals surface area contributed by atoms with Crippen molar-refractivity contribution in [3.8, 4) is 5.69 Å². The maximum atomic E-state index is 11.2. The van der Waals surface area contributed by atoms with Crippen molar-refractivity contribution >= 4 is 5.91 Å². The van der Waals surface area contributed by atoms with Crippen molar-refractivity contribution in [3.05, 3.63) is 77.1 Å². The van der Waals surface area contributed by atoms with E-state index in [-0.39, 0.29) is 6.61 Å². The Morgan fingerprint density at radius 2 is 1.78 bits per heavy atom. The van der Waals surface area contributed by atoms with Crippen LogP contribution in [-0.4, -0.2) is 26.0 Å². The van der Waals surface area contributed by atoms with Crippen LogP contribution in [0.5, 0.6) is 0 Å². The SMILES string of the molecule is NC(=O)c1ccc(-n2nnc(CO)c2Cc2ccccc2)cc1. The molecule has 0 bridgehead atoms. The second-order valence-corrected chi connectivity index (χ2v) is 5.13. The van der Waals surface area contributed by atoms with Crippen molar-refractivity contribution in [2.75, 3.05) is 0 Å². The van der Waals surface area contributed by atoms with Crippen LogP contribution in [0.15, 0.2) is 54.6 Å². The minimum absolute atomic E-state index is 0.179. The topological polar surface area (TPSA) is 94.0 Å². The van der Waals surface area contributed by atoms with Crippen LogP contribution in [0.3, 0.4) is 0 Å². The lowest BCUT2D eigenvalue weighted by molar-refractivity contribution is 0.100. The number of primary amides is 1. The highest BCUT2D eigenvalue weighted by Crippen LogP contribution is 2.17. The summed E-state index contributed by atoms with van der Waals surface area (Å²) in [6.45, 7) is -0.179. The van der Waals surface area contributed by atoms with E-state index >= 15 is 0 Å². The Morgan fingerprint density at radius 1 is 1.09 bits per heavy atom. The molecule has 1 aromatic heterocycles. The molecular formula is C17H16N4O2. The molecule has 3 aromatic rings. The molecule has 0 radical (unpaired) electrons. The van der Waals surface area contributed by atoms with Crippen LogP contribution in [0.4, 0.5) is 0 Å². The number of aliphatic hydroxyl groups excluding tert-OH is 1. The molecule has 0 atom stereocenters. The van der Waals surface area contributed by atoms with Gasteiger partial charge >= 0.3 is 0 Å². The maximum absolute atomic E-state index is 11.2. The highest BCUT2D eigenvalue weighted by molar-refractivity contribution is 5.92. The maximum Gasteiger partial charge on any atom is 0.248 e. The van der Waals surface area contributed by atoms with Crippen molar-refractivity contribution in [3.63, 3.8) is 0 Å². The van der Waals surface area contributed by atoms with E-state index in [2.05, 4.69) is 10.3 Å². The molecule has 6 nitrogen and oxygen atoms in total. The zero-order chi connectivity index (χ0) is 16.2. The summed E-state index contributed by atoms with van der Waals surface area (Å²) >= 11 is 0. The molecule has 2 aromatic carbocycles. The van der Waals surface area contributed by atoms with Gasteiger partial charge < -0.3 is 10.8 Å². The molecule has 0 unspecified atom stereocenters. The van der Waals surface area contributed by atoms with Crippen molar-refractivity contribution < 1.29 is 9.90 Å². The van der Waals surface area contributed by atoms with Gasteiger partial charge in [0.1, 0.15) is 5.69 Å². The van der Waals surface area contributed by atoms with Crippen LogP contribution < -0.4 is 5.73 Å². The summed E-state index contributed by atoms with van der Waals surface area (Å²) in [6, 6.07) is 16.7. The van der Waals surface area contributed by atoms with Gasteiger partial charge in [0, 0.05) is 12.0 Å². The van der Waals surface area contributed by atoms with E-state index in [1.54, 1.807) is 28.9 Å². The van der Waals surface area contributed by atoms with E-state index in [1.165, 1.54) is 0 Å². The smallest absolute Gasteiger partial charge is 0.248 e. The number of nitrogens with zero attached hydrogens (tertiary/aromatic N) is 3. The number of rotatable bonds is 5. The summed E-state index contributed by atoms with van der Waals surface area (Å²) in [5.41, 5.74) is 8.88. The highest BCUT2D eigenvalue weighted by Gasteiger charge is 2.14. The average Bonchev–Trinajstić information content (AvgIpc) is 2.98. The van der Waals surface area contributed by atoms with Gasteiger partial charge in [0.25, 0.3) is 0 Å². The fraction of sp³-hybridized carbons (Fsp3) is 0.118. The first-order valence-corrected chi connectivity index (χ1v) is 7.17. The summed E-state index contributed by atoms with van der Waals surface area (Å²) in [4.78, 5) is 11.2. The van der Waals surface area contributed by atoms with E-state index in [0.29, 0.717) is 17.7 Å².